The summed E-state index contributed by atoms with van der Waals surface area (Å²) in [6.45, 7) is 5.59. The molecule has 7 nitrogen and oxygen atoms in total. The first-order valence-electron chi connectivity index (χ1n) is 10.2. The van der Waals surface area contributed by atoms with Crippen LogP contribution in [0.15, 0.2) is 60.9 Å². The Kier molecular flexibility index (Phi) is 5.81. The Labute approximate surface area is 195 Å². The van der Waals surface area contributed by atoms with Gasteiger partial charge in [0.15, 0.2) is 23.0 Å². The molecule has 0 aromatic carbocycles. The van der Waals surface area contributed by atoms with Crippen LogP contribution in [0.3, 0.4) is 0 Å². The highest BCUT2D eigenvalue weighted by molar-refractivity contribution is 5.60. The van der Waals surface area contributed by atoms with Gasteiger partial charge < -0.3 is 4.90 Å². The maximum atomic E-state index is 13.0. The SMILES string of the molecule is CC(C)(C)N(c1cccc(-n2ccc(C(F)(F)F)n2)n1)c1cccc(-n2ccc(C(F)(F)F)n2)n1. The van der Waals surface area contributed by atoms with Crippen LogP contribution < -0.4 is 4.90 Å². The molecule has 0 aliphatic heterocycles. The van der Waals surface area contributed by atoms with Crippen molar-refractivity contribution in [3.8, 4) is 11.6 Å². The molecule has 4 aromatic heterocycles. The molecule has 0 spiro atoms. The third-order valence-electron chi connectivity index (χ3n) is 4.80. The number of rotatable bonds is 4. The fraction of sp³-hybridized carbons (Fsp3) is 0.273. The standard InChI is InChI=1S/C22H19F6N7/c1-20(2,3)35(18-8-4-6-16(29-18)33-12-10-14(31-33)21(23,24)25)19-9-5-7-17(30-19)34-13-11-15(32-34)22(26,27)28/h4-13H,1-3H3. The van der Waals surface area contributed by atoms with Crippen LogP contribution in [-0.4, -0.2) is 35.1 Å². The summed E-state index contributed by atoms with van der Waals surface area (Å²) in [6.07, 6.45) is -6.87. The third-order valence-corrected chi connectivity index (χ3v) is 4.80. The van der Waals surface area contributed by atoms with Crippen molar-refractivity contribution < 1.29 is 26.3 Å². The number of hydrogen-bond donors (Lipinski definition) is 0. The molecule has 4 heterocycles. The Morgan fingerprint density at radius 1 is 0.629 bits per heavy atom. The van der Waals surface area contributed by atoms with Gasteiger partial charge in [-0.1, -0.05) is 12.1 Å². The van der Waals surface area contributed by atoms with Gasteiger partial charge in [0, 0.05) is 17.9 Å². The summed E-state index contributed by atoms with van der Waals surface area (Å²) in [7, 11) is 0. The second kappa shape index (κ2) is 8.40. The number of alkyl halides is 6. The zero-order valence-corrected chi connectivity index (χ0v) is 18.7. The number of aromatic nitrogens is 6. The van der Waals surface area contributed by atoms with Crippen LogP contribution in [0.25, 0.3) is 11.6 Å². The van der Waals surface area contributed by atoms with Gasteiger partial charge in [-0.2, -0.15) is 36.5 Å². The molecule has 0 aliphatic carbocycles. The van der Waals surface area contributed by atoms with Crippen molar-refractivity contribution in [2.24, 2.45) is 0 Å². The van der Waals surface area contributed by atoms with Gasteiger partial charge in [0.05, 0.1) is 0 Å². The molecule has 4 aromatic rings. The van der Waals surface area contributed by atoms with E-state index in [1.54, 1.807) is 29.2 Å². The normalized spacial score (nSPS) is 12.7. The van der Waals surface area contributed by atoms with Crippen molar-refractivity contribution >= 4 is 11.6 Å². The molecule has 0 unspecified atom stereocenters. The summed E-state index contributed by atoms with van der Waals surface area (Å²) in [4.78, 5) is 10.6. The maximum Gasteiger partial charge on any atom is 0.435 e. The zero-order chi connectivity index (χ0) is 25.6. The molecule has 35 heavy (non-hydrogen) atoms. The first-order valence-corrected chi connectivity index (χ1v) is 10.2. The lowest BCUT2D eigenvalue weighted by atomic mass is 10.1. The molecule has 0 saturated heterocycles. The Balaban J connectivity index is 1.74. The lowest BCUT2D eigenvalue weighted by Gasteiger charge is -2.36. The first kappa shape index (κ1) is 24.2. The van der Waals surface area contributed by atoms with Gasteiger partial charge in [-0.15, -0.1) is 0 Å². The third kappa shape index (κ3) is 5.12. The van der Waals surface area contributed by atoms with Gasteiger partial charge in [-0.25, -0.2) is 19.3 Å². The molecule has 0 bridgehead atoms. The minimum atomic E-state index is -4.59. The highest BCUT2D eigenvalue weighted by atomic mass is 19.4. The summed E-state index contributed by atoms with van der Waals surface area (Å²) < 4.78 is 79.8. The van der Waals surface area contributed by atoms with Gasteiger partial charge in [0.25, 0.3) is 0 Å². The summed E-state index contributed by atoms with van der Waals surface area (Å²) >= 11 is 0. The second-order valence-corrected chi connectivity index (χ2v) is 8.50. The molecule has 0 radical (unpaired) electrons. The average Bonchev–Trinajstić information content (AvgIpc) is 3.43. The molecular formula is C22H19F6N7. The van der Waals surface area contributed by atoms with Crippen molar-refractivity contribution in [1.29, 1.82) is 0 Å². The second-order valence-electron chi connectivity index (χ2n) is 8.50. The van der Waals surface area contributed by atoms with E-state index < -0.39 is 29.3 Å². The highest BCUT2D eigenvalue weighted by Gasteiger charge is 2.35. The molecule has 0 atom stereocenters. The smallest absolute Gasteiger partial charge is 0.305 e. The van der Waals surface area contributed by atoms with Crippen LogP contribution in [0.4, 0.5) is 38.0 Å². The Hall–Kier alpha value is -3.90. The fourth-order valence-electron chi connectivity index (χ4n) is 3.34. The molecule has 184 valence electrons. The lowest BCUT2D eigenvalue weighted by molar-refractivity contribution is -0.142. The molecule has 0 fully saturated rings. The van der Waals surface area contributed by atoms with E-state index in [4.69, 9.17) is 0 Å². The molecule has 0 saturated carbocycles. The number of anilines is 2. The Morgan fingerprint density at radius 2 is 1.03 bits per heavy atom. The van der Waals surface area contributed by atoms with Crippen molar-refractivity contribution in [3.63, 3.8) is 0 Å². The molecule has 0 N–H and O–H groups in total. The van der Waals surface area contributed by atoms with Gasteiger partial charge in [-0.05, 0) is 57.2 Å². The molecular weight excluding hydrogens is 476 g/mol. The largest absolute Gasteiger partial charge is 0.435 e. The molecule has 4 rings (SSSR count). The van der Waals surface area contributed by atoms with E-state index in [1.807, 2.05) is 20.8 Å². The predicted molar refractivity (Wildman–Crippen MR) is 115 cm³/mol. The van der Waals surface area contributed by atoms with E-state index in [2.05, 4.69) is 20.2 Å². The van der Waals surface area contributed by atoms with Crippen molar-refractivity contribution in [3.05, 3.63) is 72.3 Å². The van der Waals surface area contributed by atoms with Crippen LogP contribution in [0.2, 0.25) is 0 Å². The van der Waals surface area contributed by atoms with Crippen LogP contribution in [0.5, 0.6) is 0 Å². The summed E-state index contributed by atoms with van der Waals surface area (Å²) in [5.74, 6) is 0.982. The van der Waals surface area contributed by atoms with Crippen molar-refractivity contribution in [2.45, 2.75) is 38.7 Å². The minimum absolute atomic E-state index is 0.144. The molecule has 0 aliphatic rings. The topological polar surface area (TPSA) is 64.7 Å². The van der Waals surface area contributed by atoms with Gasteiger partial charge in [-0.3, -0.25) is 0 Å². The fourth-order valence-corrected chi connectivity index (χ4v) is 3.34. The summed E-state index contributed by atoms with van der Waals surface area (Å²) in [5.41, 5.74) is -2.73. The van der Waals surface area contributed by atoms with Gasteiger partial charge >= 0.3 is 12.4 Å². The number of pyridine rings is 2. The first-order chi connectivity index (χ1) is 16.2. The van der Waals surface area contributed by atoms with E-state index in [1.165, 1.54) is 12.1 Å². The number of hydrogen-bond acceptors (Lipinski definition) is 5. The highest BCUT2D eigenvalue weighted by Crippen LogP contribution is 2.33. The Morgan fingerprint density at radius 3 is 1.34 bits per heavy atom. The minimum Gasteiger partial charge on any atom is -0.305 e. The maximum absolute atomic E-state index is 13.0. The molecule has 0 amide bonds. The predicted octanol–water partition coefficient (Wildman–Crippen LogP) is 5.82. The monoisotopic (exact) mass is 495 g/mol. The van der Waals surface area contributed by atoms with Crippen LogP contribution in [0, 0.1) is 0 Å². The van der Waals surface area contributed by atoms with Crippen molar-refractivity contribution in [2.75, 3.05) is 4.90 Å². The van der Waals surface area contributed by atoms with Crippen molar-refractivity contribution in [1.82, 2.24) is 29.5 Å². The summed E-state index contributed by atoms with van der Waals surface area (Å²) in [6, 6.07) is 11.2. The van der Waals surface area contributed by atoms with Crippen LogP contribution >= 0.6 is 0 Å². The lowest BCUT2D eigenvalue weighted by Crippen LogP contribution is -2.39. The van der Waals surface area contributed by atoms with E-state index in [9.17, 15) is 26.3 Å². The summed E-state index contributed by atoms with van der Waals surface area (Å²) in [5, 5.41) is 7.11. The van der Waals surface area contributed by atoms with Gasteiger partial charge in [0.2, 0.25) is 0 Å². The van der Waals surface area contributed by atoms with Crippen LogP contribution in [0.1, 0.15) is 32.2 Å². The van der Waals surface area contributed by atoms with E-state index >= 15 is 0 Å². The van der Waals surface area contributed by atoms with E-state index in [0.717, 1.165) is 33.9 Å². The van der Waals surface area contributed by atoms with E-state index in [0.29, 0.717) is 11.6 Å². The number of nitrogens with zero attached hydrogens (tertiary/aromatic N) is 7. The quantitative estimate of drug-likeness (QED) is 0.334. The molecule has 13 heteroatoms. The zero-order valence-electron chi connectivity index (χ0n) is 18.7. The number of halogens is 6. The van der Waals surface area contributed by atoms with Crippen LogP contribution in [-0.2, 0) is 12.4 Å². The van der Waals surface area contributed by atoms with Gasteiger partial charge in [0.1, 0.15) is 11.6 Å². The average molecular weight is 495 g/mol. The Bertz CT molecular complexity index is 1240. The van der Waals surface area contributed by atoms with E-state index in [-0.39, 0.29) is 11.6 Å².